The summed E-state index contributed by atoms with van der Waals surface area (Å²) < 4.78 is 55.9. The van der Waals surface area contributed by atoms with Crippen LogP contribution >= 0.6 is 23.2 Å². The average molecular weight is 499 g/mol. The van der Waals surface area contributed by atoms with Crippen molar-refractivity contribution >= 4 is 54.6 Å². The molecule has 0 saturated carbocycles. The Balaban J connectivity index is 1.84. The first-order valence-corrected chi connectivity index (χ1v) is 12.8. The molecule has 0 radical (unpaired) electrons. The van der Waals surface area contributed by atoms with Gasteiger partial charge in [-0.1, -0.05) is 40.9 Å². The van der Waals surface area contributed by atoms with Crippen molar-refractivity contribution in [3.63, 3.8) is 0 Å². The lowest BCUT2D eigenvalue weighted by Gasteiger charge is -2.14. The quantitative estimate of drug-likeness (QED) is 0.467. The number of hydrogen-bond acceptors (Lipinski definition) is 4. The molecule has 0 amide bonds. The molecule has 2 N–H and O–H groups in total. The van der Waals surface area contributed by atoms with Gasteiger partial charge in [0.1, 0.15) is 0 Å². The third kappa shape index (κ3) is 5.51. The Hall–Kier alpha value is -2.26. The van der Waals surface area contributed by atoms with E-state index in [4.69, 9.17) is 23.2 Å². The Bertz CT molecular complexity index is 1310. The van der Waals surface area contributed by atoms with Crippen molar-refractivity contribution < 1.29 is 16.8 Å². The molecular formula is C21H20Cl2N2O4S2. The second-order valence-corrected chi connectivity index (χ2v) is 11.3. The van der Waals surface area contributed by atoms with Crippen LogP contribution in [0.1, 0.15) is 16.7 Å². The van der Waals surface area contributed by atoms with Gasteiger partial charge in [-0.05, 0) is 74.4 Å². The van der Waals surface area contributed by atoms with Gasteiger partial charge in [0, 0.05) is 15.7 Å². The standard InChI is InChI=1S/C21H20Cl2N2O4S2/c1-13-8-14(2)21(15(3)9-13)31(28,29)24-18-4-6-20(7-5-18)30(26,27)25-19-11-16(22)10-17(23)12-19/h4-12,24-25H,1-3H3. The van der Waals surface area contributed by atoms with Gasteiger partial charge in [0.2, 0.25) is 0 Å². The number of sulfonamides is 2. The maximum absolute atomic E-state index is 12.9. The Kier molecular flexibility index (Phi) is 6.57. The summed E-state index contributed by atoms with van der Waals surface area (Å²) in [7, 11) is -7.76. The molecule has 0 aromatic heterocycles. The number of aryl methyl sites for hydroxylation is 3. The largest absolute Gasteiger partial charge is 0.280 e. The van der Waals surface area contributed by atoms with Crippen molar-refractivity contribution in [2.24, 2.45) is 0 Å². The minimum absolute atomic E-state index is 0.0470. The Morgan fingerprint density at radius 2 is 1.13 bits per heavy atom. The first kappa shape index (κ1) is 23.4. The van der Waals surface area contributed by atoms with Gasteiger partial charge < -0.3 is 0 Å². The minimum atomic E-state index is -3.92. The highest BCUT2D eigenvalue weighted by Crippen LogP contribution is 2.27. The molecule has 0 saturated heterocycles. The van der Waals surface area contributed by atoms with Gasteiger partial charge >= 0.3 is 0 Å². The topological polar surface area (TPSA) is 92.3 Å². The molecule has 3 rings (SSSR count). The minimum Gasteiger partial charge on any atom is -0.280 e. The van der Waals surface area contributed by atoms with Crippen molar-refractivity contribution in [2.45, 2.75) is 30.6 Å². The second kappa shape index (κ2) is 8.70. The normalized spacial score (nSPS) is 11.9. The predicted molar refractivity (Wildman–Crippen MR) is 125 cm³/mol. The second-order valence-electron chi connectivity index (χ2n) is 7.12. The van der Waals surface area contributed by atoms with Crippen LogP contribution in [0.5, 0.6) is 0 Å². The molecule has 0 unspecified atom stereocenters. The van der Waals surface area contributed by atoms with E-state index in [1.807, 2.05) is 6.92 Å². The molecule has 0 fully saturated rings. The van der Waals surface area contributed by atoms with E-state index in [0.717, 1.165) is 5.56 Å². The van der Waals surface area contributed by atoms with Crippen molar-refractivity contribution in [3.05, 3.63) is 81.3 Å². The zero-order valence-electron chi connectivity index (χ0n) is 16.9. The summed E-state index contributed by atoms with van der Waals surface area (Å²) in [5, 5.41) is 0.577. The van der Waals surface area contributed by atoms with Crippen LogP contribution in [0, 0.1) is 20.8 Å². The van der Waals surface area contributed by atoms with E-state index in [2.05, 4.69) is 9.44 Å². The van der Waals surface area contributed by atoms with Gasteiger partial charge in [-0.25, -0.2) is 16.8 Å². The van der Waals surface area contributed by atoms with E-state index in [9.17, 15) is 16.8 Å². The van der Waals surface area contributed by atoms with Gasteiger partial charge in [0.05, 0.1) is 15.5 Å². The Morgan fingerprint density at radius 1 is 0.645 bits per heavy atom. The summed E-state index contributed by atoms with van der Waals surface area (Å²) in [6, 6.07) is 13.3. The van der Waals surface area contributed by atoms with Crippen LogP contribution < -0.4 is 9.44 Å². The van der Waals surface area contributed by atoms with Crippen molar-refractivity contribution in [2.75, 3.05) is 9.44 Å². The highest BCUT2D eigenvalue weighted by molar-refractivity contribution is 7.93. The van der Waals surface area contributed by atoms with Crippen LogP contribution in [0.15, 0.2) is 64.4 Å². The summed E-state index contributed by atoms with van der Waals surface area (Å²) >= 11 is 11.8. The van der Waals surface area contributed by atoms with Crippen LogP contribution in [0.4, 0.5) is 11.4 Å². The van der Waals surface area contributed by atoms with Gasteiger partial charge in [-0.3, -0.25) is 9.44 Å². The van der Waals surface area contributed by atoms with Gasteiger partial charge in [-0.2, -0.15) is 0 Å². The monoisotopic (exact) mass is 498 g/mol. The lowest BCUT2D eigenvalue weighted by molar-refractivity contribution is 0.599. The van der Waals surface area contributed by atoms with Crippen molar-refractivity contribution in [1.29, 1.82) is 0 Å². The van der Waals surface area contributed by atoms with Crippen molar-refractivity contribution in [1.82, 2.24) is 0 Å². The van der Waals surface area contributed by atoms with Gasteiger partial charge in [0.25, 0.3) is 20.0 Å². The van der Waals surface area contributed by atoms with Crippen LogP contribution in [-0.4, -0.2) is 16.8 Å². The molecule has 3 aromatic rings. The molecule has 0 aliphatic heterocycles. The highest BCUT2D eigenvalue weighted by atomic mass is 35.5. The highest BCUT2D eigenvalue weighted by Gasteiger charge is 2.21. The van der Waals surface area contributed by atoms with Crippen LogP contribution in [0.3, 0.4) is 0 Å². The van der Waals surface area contributed by atoms with Crippen LogP contribution in [0.2, 0.25) is 10.0 Å². The fraction of sp³-hybridized carbons (Fsp3) is 0.143. The molecule has 31 heavy (non-hydrogen) atoms. The molecular weight excluding hydrogens is 479 g/mol. The first-order valence-electron chi connectivity index (χ1n) is 9.07. The summed E-state index contributed by atoms with van der Waals surface area (Å²) in [6.45, 7) is 5.37. The fourth-order valence-corrected chi connectivity index (χ4v) is 6.41. The number of nitrogens with one attached hydrogen (secondary N) is 2. The van der Waals surface area contributed by atoms with E-state index >= 15 is 0 Å². The molecule has 0 aliphatic rings. The first-order chi connectivity index (χ1) is 14.4. The van der Waals surface area contributed by atoms with Gasteiger partial charge in [0.15, 0.2) is 0 Å². The third-order valence-corrected chi connectivity index (χ3v) is 7.92. The average Bonchev–Trinajstić information content (AvgIpc) is 2.59. The van der Waals surface area contributed by atoms with E-state index in [0.29, 0.717) is 11.1 Å². The summed E-state index contributed by atoms with van der Waals surface area (Å²) in [5.74, 6) is 0. The Labute approximate surface area is 192 Å². The van der Waals surface area contributed by atoms with E-state index in [1.165, 1.54) is 42.5 Å². The van der Waals surface area contributed by atoms with Crippen LogP contribution in [0.25, 0.3) is 0 Å². The summed E-state index contributed by atoms with van der Waals surface area (Å²) in [5.41, 5.74) is 2.69. The number of anilines is 2. The van der Waals surface area contributed by atoms with E-state index in [1.54, 1.807) is 26.0 Å². The van der Waals surface area contributed by atoms with Crippen molar-refractivity contribution in [3.8, 4) is 0 Å². The number of hydrogen-bond donors (Lipinski definition) is 2. The lowest BCUT2D eigenvalue weighted by atomic mass is 10.1. The maximum atomic E-state index is 12.9. The zero-order chi connectivity index (χ0) is 23.0. The number of benzene rings is 3. The SMILES string of the molecule is Cc1cc(C)c(S(=O)(=O)Nc2ccc(S(=O)(=O)Nc3cc(Cl)cc(Cl)c3)cc2)c(C)c1. The molecule has 0 bridgehead atoms. The molecule has 0 atom stereocenters. The fourth-order valence-electron chi connectivity index (χ4n) is 3.33. The lowest BCUT2D eigenvalue weighted by Crippen LogP contribution is -2.16. The predicted octanol–water partition coefficient (Wildman–Crippen LogP) is 5.52. The molecule has 0 heterocycles. The summed E-state index contributed by atoms with van der Waals surface area (Å²) in [4.78, 5) is 0.156. The van der Waals surface area contributed by atoms with E-state index in [-0.39, 0.29) is 31.2 Å². The van der Waals surface area contributed by atoms with E-state index < -0.39 is 20.0 Å². The molecule has 6 nitrogen and oxygen atoms in total. The number of rotatable bonds is 6. The summed E-state index contributed by atoms with van der Waals surface area (Å²) in [6.07, 6.45) is 0. The molecule has 10 heteroatoms. The molecule has 0 aliphatic carbocycles. The molecule has 0 spiro atoms. The third-order valence-electron chi connectivity index (χ3n) is 4.41. The number of halogens is 2. The molecule has 164 valence electrons. The van der Waals surface area contributed by atoms with Crippen LogP contribution in [-0.2, 0) is 20.0 Å². The zero-order valence-corrected chi connectivity index (χ0v) is 20.0. The molecule has 3 aromatic carbocycles. The maximum Gasteiger partial charge on any atom is 0.262 e. The smallest absolute Gasteiger partial charge is 0.262 e. The Morgan fingerprint density at radius 3 is 1.65 bits per heavy atom. The van der Waals surface area contributed by atoms with Gasteiger partial charge in [-0.15, -0.1) is 0 Å².